The summed E-state index contributed by atoms with van der Waals surface area (Å²) in [5, 5.41) is 22.3. The third-order valence-corrected chi connectivity index (χ3v) is 10.7. The molecule has 3 fully saturated rings. The number of carboxylic acid groups (broad SMARTS) is 1. The zero-order chi connectivity index (χ0) is 26.6. The maximum atomic E-state index is 14.7. The summed E-state index contributed by atoms with van der Waals surface area (Å²) in [4.78, 5) is 44.3. The number of hydrogen-bond acceptors (Lipinski definition) is 5. The van der Waals surface area contributed by atoms with Gasteiger partial charge in [-0.05, 0) is 41.2 Å². The monoisotopic (exact) mass is 522 g/mol. The highest BCUT2D eigenvalue weighted by atomic mass is 32.2. The van der Waals surface area contributed by atoms with Gasteiger partial charge in [-0.2, -0.15) is 0 Å². The van der Waals surface area contributed by atoms with Gasteiger partial charge in [0.2, 0.25) is 5.91 Å². The minimum absolute atomic E-state index is 0.0281. The average molecular weight is 523 g/mol. The van der Waals surface area contributed by atoms with E-state index in [1.165, 1.54) is 11.8 Å². The van der Waals surface area contributed by atoms with Gasteiger partial charge >= 0.3 is 5.97 Å². The van der Waals surface area contributed by atoms with E-state index in [9.17, 15) is 24.6 Å². The number of carboxylic acids is 1. The van der Waals surface area contributed by atoms with E-state index in [-0.39, 0.29) is 42.1 Å². The number of likely N-dealkylation sites (tertiary alicyclic amines) is 1. The van der Waals surface area contributed by atoms with Crippen molar-refractivity contribution < 1.29 is 24.6 Å². The first-order valence-electron chi connectivity index (χ1n) is 12.9. The fraction of sp³-hybridized carbons (Fsp3) is 0.483. The molecule has 3 aliphatic heterocycles. The van der Waals surface area contributed by atoms with Gasteiger partial charge in [-0.3, -0.25) is 14.4 Å². The molecule has 7 atom stereocenters. The Balaban J connectivity index is 1.66. The van der Waals surface area contributed by atoms with Crippen LogP contribution in [0, 0.1) is 23.7 Å². The van der Waals surface area contributed by atoms with Crippen molar-refractivity contribution in [3.8, 4) is 0 Å². The van der Waals surface area contributed by atoms with Gasteiger partial charge in [-0.15, -0.1) is 18.3 Å². The SMILES string of the molecule is C=CCN(C(=O)C1N([C@@H](CO)C(C)C)C(=O)[C@@H]2[C@@H](C(=O)O)[C@H]3CC(C)C12S3)c1ccc2ccccc2c1. The maximum absolute atomic E-state index is 14.7. The van der Waals surface area contributed by atoms with Crippen LogP contribution in [0.5, 0.6) is 0 Å². The second-order valence-corrected chi connectivity index (χ2v) is 12.4. The Morgan fingerprint density at radius 1 is 1.24 bits per heavy atom. The van der Waals surface area contributed by atoms with Crippen molar-refractivity contribution in [1.82, 2.24) is 4.90 Å². The van der Waals surface area contributed by atoms with E-state index in [0.29, 0.717) is 12.1 Å². The molecule has 0 saturated carbocycles. The van der Waals surface area contributed by atoms with Crippen LogP contribution in [0.25, 0.3) is 10.8 Å². The average Bonchev–Trinajstić information content (AvgIpc) is 3.46. The Hall–Kier alpha value is -2.84. The molecule has 8 heteroatoms. The predicted molar refractivity (Wildman–Crippen MR) is 145 cm³/mol. The Labute approximate surface area is 221 Å². The van der Waals surface area contributed by atoms with Crippen LogP contribution in [0.2, 0.25) is 0 Å². The Kier molecular flexibility index (Phi) is 6.61. The molecule has 3 saturated heterocycles. The van der Waals surface area contributed by atoms with E-state index in [2.05, 4.69) is 6.58 Å². The Morgan fingerprint density at radius 3 is 2.57 bits per heavy atom. The smallest absolute Gasteiger partial charge is 0.308 e. The van der Waals surface area contributed by atoms with Crippen LogP contribution in [-0.4, -0.2) is 68.1 Å². The van der Waals surface area contributed by atoms with E-state index < -0.39 is 34.6 Å². The van der Waals surface area contributed by atoms with Crippen molar-refractivity contribution in [1.29, 1.82) is 0 Å². The van der Waals surface area contributed by atoms with Gasteiger partial charge < -0.3 is 20.0 Å². The first-order chi connectivity index (χ1) is 17.7. The molecular weight excluding hydrogens is 488 g/mol. The predicted octanol–water partition coefficient (Wildman–Crippen LogP) is 3.80. The number of aliphatic hydroxyl groups excluding tert-OH is 1. The number of aliphatic carboxylic acids is 1. The zero-order valence-electron chi connectivity index (χ0n) is 21.4. The molecule has 1 spiro atoms. The second-order valence-electron chi connectivity index (χ2n) is 10.9. The summed E-state index contributed by atoms with van der Waals surface area (Å²) in [5.41, 5.74) is 0.695. The summed E-state index contributed by atoms with van der Waals surface area (Å²) >= 11 is 1.51. The first-order valence-corrected chi connectivity index (χ1v) is 13.8. The lowest BCUT2D eigenvalue weighted by Crippen LogP contribution is -2.60. The molecule has 2 aromatic rings. The summed E-state index contributed by atoms with van der Waals surface area (Å²) in [7, 11) is 0. The van der Waals surface area contributed by atoms with Crippen LogP contribution in [-0.2, 0) is 14.4 Å². The third kappa shape index (κ3) is 3.71. The van der Waals surface area contributed by atoms with E-state index >= 15 is 0 Å². The number of carbonyl (C=O) groups is 3. The number of amides is 2. The highest BCUT2D eigenvalue weighted by molar-refractivity contribution is 8.02. The topological polar surface area (TPSA) is 98.2 Å². The van der Waals surface area contributed by atoms with Gasteiger partial charge in [0, 0.05) is 17.5 Å². The minimum Gasteiger partial charge on any atom is -0.481 e. The van der Waals surface area contributed by atoms with Gasteiger partial charge in [-0.1, -0.05) is 57.2 Å². The minimum atomic E-state index is -0.986. The molecule has 2 amide bonds. The quantitative estimate of drug-likeness (QED) is 0.512. The number of thioether (sulfide) groups is 1. The largest absolute Gasteiger partial charge is 0.481 e. The number of rotatable bonds is 8. The van der Waals surface area contributed by atoms with Gasteiger partial charge in [0.1, 0.15) is 6.04 Å². The molecule has 5 rings (SSSR count). The van der Waals surface area contributed by atoms with Crippen molar-refractivity contribution >= 4 is 46.0 Å². The van der Waals surface area contributed by atoms with Crippen molar-refractivity contribution in [2.75, 3.05) is 18.1 Å². The Morgan fingerprint density at radius 2 is 1.95 bits per heavy atom. The molecule has 3 aliphatic rings. The van der Waals surface area contributed by atoms with Crippen LogP contribution in [0.3, 0.4) is 0 Å². The molecule has 196 valence electrons. The summed E-state index contributed by atoms with van der Waals surface area (Å²) < 4.78 is -0.861. The molecular formula is C29H34N2O5S. The van der Waals surface area contributed by atoms with Crippen LogP contribution in [0.1, 0.15) is 27.2 Å². The second kappa shape index (κ2) is 9.48. The molecule has 37 heavy (non-hydrogen) atoms. The Bertz CT molecular complexity index is 1260. The molecule has 0 radical (unpaired) electrons. The number of carbonyl (C=O) groups excluding carboxylic acids is 2. The van der Waals surface area contributed by atoms with Crippen molar-refractivity contribution in [3.05, 3.63) is 55.1 Å². The lowest BCUT2D eigenvalue weighted by atomic mass is 9.66. The highest BCUT2D eigenvalue weighted by Gasteiger charge is 2.77. The van der Waals surface area contributed by atoms with Gasteiger partial charge in [0.05, 0.1) is 29.2 Å². The van der Waals surface area contributed by atoms with Crippen LogP contribution < -0.4 is 4.90 Å². The van der Waals surface area contributed by atoms with Gasteiger partial charge in [-0.25, -0.2) is 0 Å². The lowest BCUT2D eigenvalue weighted by molar-refractivity contribution is -0.150. The standard InChI is InChI=1S/C29H34N2O5S/c1-5-12-30(20-11-10-18-8-6-7-9-19(18)14-20)27(34)25-29-17(4)13-22(37-29)23(28(35)36)24(29)26(33)31(25)21(15-32)16(2)3/h5-11,14,16-17,21-25,32H,1,12-13,15H2,2-4H3,(H,35,36)/t17?,21-,22+,23-,24-,25?,29?/m0/s1. The molecule has 3 heterocycles. The fourth-order valence-corrected chi connectivity index (χ4v) is 9.34. The molecule has 3 unspecified atom stereocenters. The summed E-state index contributed by atoms with van der Waals surface area (Å²) in [6.45, 7) is 9.68. The number of benzene rings is 2. The first kappa shape index (κ1) is 25.8. The number of anilines is 1. The normalized spacial score (nSPS) is 31.1. The lowest BCUT2D eigenvalue weighted by Gasteiger charge is -2.42. The molecule has 0 aromatic heterocycles. The van der Waals surface area contributed by atoms with Crippen molar-refractivity contribution in [2.45, 2.75) is 49.3 Å². The van der Waals surface area contributed by atoms with Crippen molar-refractivity contribution in [3.63, 3.8) is 0 Å². The van der Waals surface area contributed by atoms with Gasteiger partial charge in [0.15, 0.2) is 0 Å². The summed E-state index contributed by atoms with van der Waals surface area (Å²) in [6, 6.07) is 12.3. The molecule has 2 bridgehead atoms. The van der Waals surface area contributed by atoms with E-state index in [4.69, 9.17) is 0 Å². The van der Waals surface area contributed by atoms with E-state index in [1.807, 2.05) is 63.2 Å². The van der Waals surface area contributed by atoms with E-state index in [0.717, 1.165) is 10.8 Å². The molecule has 0 aliphatic carbocycles. The summed E-state index contributed by atoms with van der Waals surface area (Å²) in [6.07, 6.45) is 2.31. The fourth-order valence-electron chi connectivity index (χ4n) is 6.94. The van der Waals surface area contributed by atoms with Crippen molar-refractivity contribution in [2.24, 2.45) is 23.7 Å². The maximum Gasteiger partial charge on any atom is 0.308 e. The third-order valence-electron chi connectivity index (χ3n) is 8.64. The number of fused-ring (bicyclic) bond motifs is 2. The zero-order valence-corrected chi connectivity index (χ0v) is 22.2. The van der Waals surface area contributed by atoms with Crippen LogP contribution in [0.15, 0.2) is 55.1 Å². The number of aliphatic hydroxyl groups is 1. The van der Waals surface area contributed by atoms with Crippen LogP contribution >= 0.6 is 11.8 Å². The molecule has 2 aromatic carbocycles. The van der Waals surface area contributed by atoms with Gasteiger partial charge in [0.25, 0.3) is 5.91 Å². The molecule has 2 N–H and O–H groups in total. The summed E-state index contributed by atoms with van der Waals surface area (Å²) in [5.74, 6) is -3.34. The van der Waals surface area contributed by atoms with E-state index in [1.54, 1.807) is 15.9 Å². The highest BCUT2D eigenvalue weighted by Crippen LogP contribution is 2.69. The number of nitrogens with zero attached hydrogens (tertiary/aromatic N) is 2. The van der Waals surface area contributed by atoms with Crippen LogP contribution in [0.4, 0.5) is 5.69 Å². The number of hydrogen-bond donors (Lipinski definition) is 2. The molecule has 7 nitrogen and oxygen atoms in total.